The number of nitrogens with one attached hydrogen (secondary N) is 2. The SMILES string of the molecule is CCOc1cccc(-c2cc(F)c(NC(=O)c3cc(Cl)c(Cl)cc3C(=O)O)c(F)c2)c1.COc1cccc(-c2cc(Cl)c(NC(=O)c3ccccc3C(=O)O)c(Cl)c2)c1. The summed E-state index contributed by atoms with van der Waals surface area (Å²) in [4.78, 5) is 47.9. The number of aromatic carboxylic acids is 2. The van der Waals surface area contributed by atoms with Crippen LogP contribution < -0.4 is 20.1 Å². The molecule has 6 rings (SSSR count). The van der Waals surface area contributed by atoms with Crippen molar-refractivity contribution in [3.05, 3.63) is 163 Å². The van der Waals surface area contributed by atoms with Gasteiger partial charge in [-0.3, -0.25) is 9.59 Å². The van der Waals surface area contributed by atoms with Crippen LogP contribution in [0.5, 0.6) is 11.5 Å². The number of rotatable bonds is 11. The molecule has 59 heavy (non-hydrogen) atoms. The fraction of sp³-hybridized carbons (Fsp3) is 0.0698. The number of hydrogen-bond donors (Lipinski definition) is 4. The second-order valence-corrected chi connectivity index (χ2v) is 13.8. The van der Waals surface area contributed by atoms with Gasteiger partial charge in [0.05, 0.1) is 61.7 Å². The first-order chi connectivity index (χ1) is 28.1. The summed E-state index contributed by atoms with van der Waals surface area (Å²) in [5.74, 6) is -5.17. The van der Waals surface area contributed by atoms with Crippen molar-refractivity contribution in [2.75, 3.05) is 24.4 Å². The van der Waals surface area contributed by atoms with E-state index in [0.717, 1.165) is 35.4 Å². The van der Waals surface area contributed by atoms with Gasteiger partial charge in [-0.15, -0.1) is 0 Å². The van der Waals surface area contributed by atoms with Crippen molar-refractivity contribution in [2.24, 2.45) is 0 Å². The molecule has 0 heterocycles. The summed E-state index contributed by atoms with van der Waals surface area (Å²) in [5.41, 5.74) is 0.868. The Hall–Kier alpha value is -6.18. The molecule has 10 nitrogen and oxygen atoms in total. The van der Waals surface area contributed by atoms with E-state index >= 15 is 0 Å². The molecule has 0 saturated carbocycles. The Kier molecular flexibility index (Phi) is 14.5. The standard InChI is InChI=1S/C22H15Cl2F2NO4.C21H15Cl2NO4/c1-2-31-13-5-3-4-11(6-13)12-7-18(25)20(19(26)8-12)27-21(28)14-9-16(23)17(24)10-15(14)22(29)30;1-28-14-6-4-5-12(9-14)13-10-17(22)19(18(23)11-13)24-20(25)15-7-2-3-8-16(15)21(26)27/h3-10H,2H2,1H3,(H,27,28)(H,29,30);2-11H,1H3,(H,24,25)(H,26,27). The summed E-state index contributed by atoms with van der Waals surface area (Å²) < 4.78 is 40.0. The number of carboxylic acid groups (broad SMARTS) is 2. The Morgan fingerprint density at radius 2 is 1.02 bits per heavy atom. The van der Waals surface area contributed by atoms with E-state index in [-0.39, 0.29) is 42.5 Å². The van der Waals surface area contributed by atoms with Crippen LogP contribution in [0.25, 0.3) is 22.3 Å². The zero-order valence-corrected chi connectivity index (χ0v) is 33.7. The van der Waals surface area contributed by atoms with Crippen LogP contribution in [0, 0.1) is 11.6 Å². The molecule has 0 saturated heterocycles. The molecule has 0 atom stereocenters. The van der Waals surface area contributed by atoms with Gasteiger partial charge < -0.3 is 30.3 Å². The van der Waals surface area contributed by atoms with Crippen LogP contribution in [0.4, 0.5) is 20.2 Å². The molecule has 16 heteroatoms. The smallest absolute Gasteiger partial charge is 0.336 e. The third-order valence-electron chi connectivity index (χ3n) is 8.38. The Morgan fingerprint density at radius 3 is 1.56 bits per heavy atom. The van der Waals surface area contributed by atoms with E-state index in [0.29, 0.717) is 23.7 Å². The van der Waals surface area contributed by atoms with Crippen molar-refractivity contribution in [3.8, 4) is 33.8 Å². The summed E-state index contributed by atoms with van der Waals surface area (Å²) in [6, 6.07) is 27.4. The highest BCUT2D eigenvalue weighted by Gasteiger charge is 2.23. The quantitative estimate of drug-likeness (QED) is 0.100. The first-order valence-corrected chi connectivity index (χ1v) is 18.7. The van der Waals surface area contributed by atoms with Crippen LogP contribution in [0.3, 0.4) is 0 Å². The minimum absolute atomic E-state index is 0.0130. The van der Waals surface area contributed by atoms with Gasteiger partial charge in [-0.05, 0) is 102 Å². The van der Waals surface area contributed by atoms with E-state index in [1.807, 2.05) is 31.2 Å². The first kappa shape index (κ1) is 43.9. The highest BCUT2D eigenvalue weighted by atomic mass is 35.5. The van der Waals surface area contributed by atoms with Gasteiger partial charge in [0.15, 0.2) is 0 Å². The zero-order chi connectivity index (χ0) is 43.0. The Balaban J connectivity index is 0.000000225. The highest BCUT2D eigenvalue weighted by molar-refractivity contribution is 6.42. The zero-order valence-electron chi connectivity index (χ0n) is 30.7. The van der Waals surface area contributed by atoms with Crippen molar-refractivity contribution >= 4 is 81.5 Å². The molecule has 4 N–H and O–H groups in total. The van der Waals surface area contributed by atoms with Gasteiger partial charge in [0, 0.05) is 0 Å². The number of halogens is 6. The van der Waals surface area contributed by atoms with E-state index in [9.17, 15) is 38.2 Å². The number of ether oxygens (including phenoxy) is 2. The maximum atomic E-state index is 14.7. The van der Waals surface area contributed by atoms with E-state index in [1.165, 1.54) is 12.1 Å². The average Bonchev–Trinajstić information content (AvgIpc) is 3.21. The molecule has 0 radical (unpaired) electrons. The normalized spacial score (nSPS) is 10.5. The number of methoxy groups -OCH3 is 1. The fourth-order valence-corrected chi connectivity index (χ4v) is 6.50. The number of carbonyl (C=O) groups is 4. The predicted molar refractivity (Wildman–Crippen MR) is 224 cm³/mol. The van der Waals surface area contributed by atoms with Crippen LogP contribution >= 0.6 is 46.4 Å². The van der Waals surface area contributed by atoms with Gasteiger partial charge in [0.1, 0.15) is 28.8 Å². The molecule has 302 valence electrons. The van der Waals surface area contributed by atoms with E-state index in [2.05, 4.69) is 10.6 Å². The van der Waals surface area contributed by atoms with Crippen molar-refractivity contribution in [1.82, 2.24) is 0 Å². The summed E-state index contributed by atoms with van der Waals surface area (Å²) in [7, 11) is 1.58. The van der Waals surface area contributed by atoms with Crippen molar-refractivity contribution in [3.63, 3.8) is 0 Å². The van der Waals surface area contributed by atoms with Crippen molar-refractivity contribution < 1.29 is 47.6 Å². The topological polar surface area (TPSA) is 151 Å². The maximum absolute atomic E-state index is 14.7. The second kappa shape index (κ2) is 19.5. The Morgan fingerprint density at radius 1 is 0.542 bits per heavy atom. The van der Waals surface area contributed by atoms with Gasteiger partial charge in [-0.25, -0.2) is 18.4 Å². The molecule has 0 fully saturated rings. The average molecular weight is 883 g/mol. The third kappa shape index (κ3) is 10.7. The molecular weight excluding hydrogens is 852 g/mol. The molecule has 0 aliphatic rings. The van der Waals surface area contributed by atoms with Crippen LogP contribution in [0.1, 0.15) is 48.4 Å². The van der Waals surface area contributed by atoms with E-state index in [4.69, 9.17) is 55.9 Å². The molecule has 6 aromatic carbocycles. The summed E-state index contributed by atoms with van der Waals surface area (Å²) in [6.07, 6.45) is 0. The molecule has 0 aromatic heterocycles. The molecule has 0 spiro atoms. The van der Waals surface area contributed by atoms with Crippen LogP contribution in [0.15, 0.2) is 109 Å². The van der Waals surface area contributed by atoms with Crippen molar-refractivity contribution in [1.29, 1.82) is 0 Å². The number of anilines is 2. The van der Waals surface area contributed by atoms with Crippen LogP contribution in [0.2, 0.25) is 20.1 Å². The molecular formula is C43H30Cl4F2N2O8. The number of hydrogen-bond acceptors (Lipinski definition) is 6. The van der Waals surface area contributed by atoms with Crippen LogP contribution in [-0.4, -0.2) is 47.7 Å². The summed E-state index contributed by atoms with van der Waals surface area (Å²) in [5, 5.41) is 23.5. The number of amides is 2. The minimum atomic E-state index is -1.45. The molecule has 0 aliphatic carbocycles. The Labute approximate surface area is 355 Å². The molecule has 0 bridgehead atoms. The van der Waals surface area contributed by atoms with Crippen LogP contribution in [-0.2, 0) is 0 Å². The van der Waals surface area contributed by atoms with Gasteiger partial charge in [0.2, 0.25) is 0 Å². The first-order valence-electron chi connectivity index (χ1n) is 17.1. The largest absolute Gasteiger partial charge is 0.497 e. The van der Waals surface area contributed by atoms with Crippen molar-refractivity contribution in [2.45, 2.75) is 6.92 Å². The lowest BCUT2D eigenvalue weighted by Crippen LogP contribution is -2.18. The lowest BCUT2D eigenvalue weighted by molar-refractivity contribution is 0.0683. The lowest BCUT2D eigenvalue weighted by atomic mass is 10.0. The number of carboxylic acids is 2. The number of carbonyl (C=O) groups excluding carboxylic acids is 2. The van der Waals surface area contributed by atoms with E-state index < -0.39 is 52.2 Å². The third-order valence-corrected chi connectivity index (χ3v) is 9.70. The van der Waals surface area contributed by atoms with Gasteiger partial charge in [-0.2, -0.15) is 0 Å². The van der Waals surface area contributed by atoms with Gasteiger partial charge in [0.25, 0.3) is 11.8 Å². The fourth-order valence-electron chi connectivity index (χ4n) is 5.59. The molecule has 6 aromatic rings. The lowest BCUT2D eigenvalue weighted by Gasteiger charge is -2.13. The second-order valence-electron chi connectivity index (χ2n) is 12.2. The van der Waals surface area contributed by atoms with E-state index in [1.54, 1.807) is 55.6 Å². The molecule has 0 aliphatic heterocycles. The van der Waals surface area contributed by atoms with Gasteiger partial charge in [-0.1, -0.05) is 82.8 Å². The molecule has 2 amide bonds. The molecule has 0 unspecified atom stereocenters. The monoisotopic (exact) mass is 880 g/mol. The maximum Gasteiger partial charge on any atom is 0.336 e. The Bertz CT molecular complexity index is 2560. The highest BCUT2D eigenvalue weighted by Crippen LogP contribution is 2.37. The predicted octanol–water partition coefficient (Wildman–Crippen LogP) is 11.9. The summed E-state index contributed by atoms with van der Waals surface area (Å²) in [6.45, 7) is 2.25. The number of benzene rings is 6. The van der Waals surface area contributed by atoms with Gasteiger partial charge >= 0.3 is 11.9 Å². The summed E-state index contributed by atoms with van der Waals surface area (Å²) >= 11 is 24.3. The minimum Gasteiger partial charge on any atom is -0.497 e.